The van der Waals surface area contributed by atoms with Crippen LogP contribution in [-0.4, -0.2) is 56.0 Å². The molecule has 1 fully saturated rings. The number of aliphatic hydroxyl groups excluding tert-OH is 3. The molecule has 35 heavy (non-hydrogen) atoms. The van der Waals surface area contributed by atoms with Gasteiger partial charge in [0.05, 0.1) is 11.7 Å². The first-order chi connectivity index (χ1) is 16.7. The molecule has 3 heterocycles. The van der Waals surface area contributed by atoms with Crippen molar-refractivity contribution < 1.29 is 38.9 Å². The van der Waals surface area contributed by atoms with Gasteiger partial charge in [-0.2, -0.15) is 4.57 Å². The number of halogens is 2. The number of carboxylic acid groups (broad SMARTS) is 1. The molecule has 182 valence electrons. The van der Waals surface area contributed by atoms with Crippen LogP contribution in [0.1, 0.15) is 28.9 Å². The number of benzene rings is 2. The fraction of sp³-hybridized carbons (Fsp3) is 0.292. The number of aliphatic imine (C=N–C) groups is 1. The Kier molecular flexibility index (Phi) is 5.94. The van der Waals surface area contributed by atoms with Crippen molar-refractivity contribution >= 4 is 23.3 Å². The highest BCUT2D eigenvalue weighted by Gasteiger charge is 2.48. The molecular weight excluding hydrogens is 481 g/mol. The molecule has 0 spiro atoms. The van der Waals surface area contributed by atoms with Crippen molar-refractivity contribution in [3.8, 4) is 5.69 Å². The van der Waals surface area contributed by atoms with E-state index in [4.69, 9.17) is 16.3 Å². The number of carbonyl (C=O) groups excluding carboxylic acids is 1. The average molecular weight is 502 g/mol. The fourth-order valence-electron chi connectivity index (χ4n) is 4.64. The molecule has 11 heteroatoms. The van der Waals surface area contributed by atoms with Gasteiger partial charge in [-0.15, -0.1) is 0 Å². The standard InChI is InChI=1S/C24H21ClFN3O6/c1-11-28(23-21(32)19(30)20(31)22(35-23)24(33)34)10-13-9-27-18(14-4-2-3-5-16(14)26)15-8-12(25)6-7-17(15)29(11)13/h2-8,10,19-23,30-32H,9H2,1H3/t19-,20-,21+,22-,23+/m1/s1. The van der Waals surface area contributed by atoms with Crippen LogP contribution in [0.2, 0.25) is 5.02 Å². The highest BCUT2D eigenvalue weighted by Crippen LogP contribution is 2.31. The molecule has 1 aromatic heterocycles. The Balaban J connectivity index is 1.65. The van der Waals surface area contributed by atoms with E-state index >= 15 is 0 Å². The highest BCUT2D eigenvalue weighted by atomic mass is 35.5. The molecule has 0 amide bonds. The Morgan fingerprint density at radius 3 is 2.63 bits per heavy atom. The van der Waals surface area contributed by atoms with Gasteiger partial charge in [0.2, 0.25) is 6.23 Å². The van der Waals surface area contributed by atoms with Gasteiger partial charge in [-0.05, 0) is 30.3 Å². The van der Waals surface area contributed by atoms with E-state index in [9.17, 15) is 29.6 Å². The summed E-state index contributed by atoms with van der Waals surface area (Å²) in [7, 11) is 0. The molecule has 2 aliphatic heterocycles. The normalized spacial score (nSPS) is 25.9. The molecule has 2 aliphatic rings. The average Bonchev–Trinajstić information content (AvgIpc) is 3.05. The lowest BCUT2D eigenvalue weighted by molar-refractivity contribution is -0.781. The number of aliphatic carboxylic acids is 1. The van der Waals surface area contributed by atoms with E-state index in [2.05, 4.69) is 4.99 Å². The minimum Gasteiger partial charge on any atom is -0.547 e. The van der Waals surface area contributed by atoms with Crippen molar-refractivity contribution in [2.24, 2.45) is 4.99 Å². The quantitative estimate of drug-likeness (QED) is 0.431. The Hall–Kier alpha value is -3.15. The molecule has 5 rings (SSSR count). The summed E-state index contributed by atoms with van der Waals surface area (Å²) in [6, 6.07) is 11.4. The molecule has 0 unspecified atom stereocenters. The number of carbonyl (C=O) groups is 1. The number of aromatic nitrogens is 2. The van der Waals surface area contributed by atoms with Gasteiger partial charge in [0, 0.05) is 23.1 Å². The number of hydrogen-bond donors (Lipinski definition) is 3. The molecule has 0 aliphatic carbocycles. The lowest BCUT2D eigenvalue weighted by Gasteiger charge is -2.39. The van der Waals surface area contributed by atoms with Crippen LogP contribution in [0.5, 0.6) is 0 Å². The van der Waals surface area contributed by atoms with Crippen molar-refractivity contribution in [2.75, 3.05) is 0 Å². The van der Waals surface area contributed by atoms with E-state index in [1.54, 1.807) is 49.5 Å². The van der Waals surface area contributed by atoms with Crippen molar-refractivity contribution in [3.63, 3.8) is 0 Å². The number of rotatable bonds is 3. The predicted octanol–water partition coefficient (Wildman–Crippen LogP) is -0.0533. The van der Waals surface area contributed by atoms with E-state index in [-0.39, 0.29) is 6.54 Å². The van der Waals surface area contributed by atoms with Crippen LogP contribution in [0.25, 0.3) is 5.69 Å². The second-order valence-corrected chi connectivity index (χ2v) is 8.89. The first-order valence-electron chi connectivity index (χ1n) is 10.8. The fourth-order valence-corrected chi connectivity index (χ4v) is 4.81. The summed E-state index contributed by atoms with van der Waals surface area (Å²) in [5, 5.41) is 42.7. The third-order valence-electron chi connectivity index (χ3n) is 6.35. The van der Waals surface area contributed by atoms with Gasteiger partial charge in [-0.25, -0.2) is 8.96 Å². The lowest BCUT2D eigenvalue weighted by atomic mass is 9.98. The zero-order valence-corrected chi connectivity index (χ0v) is 19.1. The van der Waals surface area contributed by atoms with Gasteiger partial charge < -0.3 is 30.0 Å². The van der Waals surface area contributed by atoms with Gasteiger partial charge in [0.15, 0.2) is 5.69 Å². The summed E-state index contributed by atoms with van der Waals surface area (Å²) >= 11 is 6.28. The SMILES string of the molecule is Cc1n2c(c[n+]1[C@H]1O[C@@H](C(=O)[O-])[C@H](O)[C@@H](O)[C@@H]1O)CN=C(c1ccccc1F)c1cc(Cl)ccc1-2. The third-order valence-corrected chi connectivity index (χ3v) is 6.59. The number of aliphatic hydroxyl groups is 3. The second kappa shape index (κ2) is 8.81. The molecule has 5 atom stereocenters. The lowest BCUT2D eigenvalue weighted by Crippen LogP contribution is -2.65. The third kappa shape index (κ3) is 3.83. The largest absolute Gasteiger partial charge is 0.547 e. The van der Waals surface area contributed by atoms with Crippen LogP contribution in [0, 0.1) is 12.7 Å². The summed E-state index contributed by atoms with van der Waals surface area (Å²) in [5.41, 5.74) is 2.55. The minimum atomic E-state index is -1.86. The Morgan fingerprint density at radius 2 is 1.91 bits per heavy atom. The smallest absolute Gasteiger partial charge is 0.261 e. The number of hydrogen-bond acceptors (Lipinski definition) is 7. The molecule has 9 nitrogen and oxygen atoms in total. The van der Waals surface area contributed by atoms with Crippen molar-refractivity contribution in [2.45, 2.75) is 44.1 Å². The van der Waals surface area contributed by atoms with Crippen molar-refractivity contribution in [1.29, 1.82) is 0 Å². The highest BCUT2D eigenvalue weighted by molar-refractivity contribution is 6.31. The summed E-state index contributed by atoms with van der Waals surface area (Å²) in [6.45, 7) is 1.82. The number of ether oxygens (including phenoxy) is 1. The molecule has 0 radical (unpaired) electrons. The zero-order chi connectivity index (χ0) is 25.0. The topological polar surface area (TPSA) is 131 Å². The first kappa shape index (κ1) is 23.6. The Bertz CT molecular complexity index is 1360. The molecule has 0 bridgehead atoms. The molecule has 1 saturated heterocycles. The van der Waals surface area contributed by atoms with E-state index in [1.165, 1.54) is 10.6 Å². The molecule has 2 aromatic carbocycles. The Labute approximate surface area is 203 Å². The van der Waals surface area contributed by atoms with E-state index in [0.717, 1.165) is 0 Å². The van der Waals surface area contributed by atoms with Gasteiger partial charge in [0.1, 0.15) is 48.7 Å². The number of imidazole rings is 1. The Morgan fingerprint density at radius 1 is 1.17 bits per heavy atom. The van der Waals surface area contributed by atoms with Gasteiger partial charge in [-0.1, -0.05) is 23.7 Å². The van der Waals surface area contributed by atoms with Crippen LogP contribution >= 0.6 is 11.6 Å². The van der Waals surface area contributed by atoms with Crippen LogP contribution in [0.4, 0.5) is 4.39 Å². The second-order valence-electron chi connectivity index (χ2n) is 8.45. The molecule has 3 N–H and O–H groups in total. The van der Waals surface area contributed by atoms with E-state index < -0.39 is 42.4 Å². The van der Waals surface area contributed by atoms with Crippen LogP contribution in [0.3, 0.4) is 0 Å². The van der Waals surface area contributed by atoms with Gasteiger partial charge in [-0.3, -0.25) is 4.99 Å². The van der Waals surface area contributed by atoms with Crippen LogP contribution in [0.15, 0.2) is 53.7 Å². The van der Waals surface area contributed by atoms with E-state index in [1.807, 2.05) is 4.57 Å². The zero-order valence-electron chi connectivity index (χ0n) is 18.4. The maximum Gasteiger partial charge on any atom is 0.261 e. The van der Waals surface area contributed by atoms with Crippen LogP contribution < -0.4 is 9.67 Å². The van der Waals surface area contributed by atoms with Gasteiger partial charge in [0.25, 0.3) is 5.82 Å². The summed E-state index contributed by atoms with van der Waals surface area (Å²) in [5.74, 6) is -1.65. The predicted molar refractivity (Wildman–Crippen MR) is 118 cm³/mol. The maximum absolute atomic E-state index is 14.7. The van der Waals surface area contributed by atoms with Gasteiger partial charge >= 0.3 is 0 Å². The summed E-state index contributed by atoms with van der Waals surface area (Å²) in [4.78, 5) is 16.1. The van der Waals surface area contributed by atoms with Crippen molar-refractivity contribution in [1.82, 2.24) is 4.57 Å². The summed E-state index contributed by atoms with van der Waals surface area (Å²) < 4.78 is 23.4. The number of carboxylic acids is 1. The molecule has 0 saturated carbocycles. The van der Waals surface area contributed by atoms with Crippen LogP contribution in [-0.2, 0) is 16.1 Å². The molecule has 3 aromatic rings. The van der Waals surface area contributed by atoms with Crippen molar-refractivity contribution in [3.05, 3.63) is 82.1 Å². The first-order valence-corrected chi connectivity index (χ1v) is 11.2. The monoisotopic (exact) mass is 501 g/mol. The minimum absolute atomic E-state index is 0.113. The summed E-state index contributed by atoms with van der Waals surface area (Å²) in [6.07, 6.45) is -6.84. The maximum atomic E-state index is 14.7. The number of nitrogens with zero attached hydrogens (tertiary/aromatic N) is 3. The molecular formula is C24H21ClFN3O6. The van der Waals surface area contributed by atoms with E-state index in [0.29, 0.717) is 39.1 Å². The number of fused-ring (bicyclic) bond motifs is 3.